The number of nitrogens with zero attached hydrogens (tertiary/aromatic N) is 2. The van der Waals surface area contributed by atoms with Gasteiger partial charge in [0.05, 0.1) is 11.2 Å². The summed E-state index contributed by atoms with van der Waals surface area (Å²) in [6.45, 7) is 0. The molecule has 2 saturated heterocycles. The number of carbonyl (C=O) groups is 1. The number of aromatic nitrogens is 2. The molecule has 2 atom stereocenters. The van der Waals surface area contributed by atoms with Gasteiger partial charge in [-0.3, -0.25) is 14.8 Å². The Balaban J connectivity index is 1.64. The highest BCUT2D eigenvalue weighted by molar-refractivity contribution is 6.04. The van der Waals surface area contributed by atoms with Crippen molar-refractivity contribution >= 4 is 16.8 Å². The van der Waals surface area contributed by atoms with Crippen molar-refractivity contribution < 1.29 is 4.79 Å². The number of para-hydroxylation sites is 1. The minimum Gasteiger partial charge on any atom is -0.332 e. The highest BCUT2D eigenvalue weighted by Gasteiger charge is 2.47. The molecule has 2 fully saturated rings. The van der Waals surface area contributed by atoms with E-state index < -0.39 is 0 Å². The first-order valence-electron chi connectivity index (χ1n) is 7.68. The minimum absolute atomic E-state index is 0.0677. The number of H-pyrrole nitrogens is 1. The van der Waals surface area contributed by atoms with Crippen molar-refractivity contribution in [3.8, 4) is 0 Å². The summed E-state index contributed by atoms with van der Waals surface area (Å²) >= 11 is 0. The summed E-state index contributed by atoms with van der Waals surface area (Å²) in [6.07, 6.45) is 5.70. The van der Waals surface area contributed by atoms with Gasteiger partial charge >= 0.3 is 0 Å². The smallest absolute Gasteiger partial charge is 0.273 e. The van der Waals surface area contributed by atoms with E-state index in [0.29, 0.717) is 11.7 Å². The molecule has 4 rings (SSSR count). The molecule has 2 aromatic rings. The molecule has 1 aromatic heterocycles. The lowest BCUT2D eigenvalue weighted by atomic mass is 9.97. The summed E-state index contributed by atoms with van der Waals surface area (Å²) in [5.74, 6) is -0.0677. The van der Waals surface area contributed by atoms with Crippen LogP contribution < -0.4 is 5.32 Å². The van der Waals surface area contributed by atoms with Crippen molar-refractivity contribution in [2.45, 2.75) is 43.8 Å². The topological polar surface area (TPSA) is 61.0 Å². The first-order chi connectivity index (χ1) is 10.2. The molecule has 3 heterocycles. The van der Waals surface area contributed by atoms with Crippen LogP contribution in [0.5, 0.6) is 0 Å². The highest BCUT2D eigenvalue weighted by Crippen LogP contribution is 2.41. The van der Waals surface area contributed by atoms with E-state index >= 15 is 0 Å². The number of hydrogen-bond donors (Lipinski definition) is 2. The molecule has 5 heteroatoms. The molecule has 0 spiro atoms. The monoisotopic (exact) mass is 284 g/mol. The molecule has 0 saturated carbocycles. The summed E-state index contributed by atoms with van der Waals surface area (Å²) < 4.78 is 0. The predicted molar refractivity (Wildman–Crippen MR) is 80.9 cm³/mol. The fraction of sp³-hybridized carbons (Fsp3) is 0.500. The Kier molecular flexibility index (Phi) is 2.79. The number of fused-ring (bicyclic) bond motifs is 3. The van der Waals surface area contributed by atoms with E-state index in [1.54, 1.807) is 0 Å². The van der Waals surface area contributed by atoms with Gasteiger partial charge in [0, 0.05) is 11.4 Å². The zero-order chi connectivity index (χ0) is 14.4. The predicted octanol–water partition coefficient (Wildman–Crippen LogP) is 2.27. The molecule has 110 valence electrons. The Morgan fingerprint density at radius 1 is 1.38 bits per heavy atom. The zero-order valence-electron chi connectivity index (χ0n) is 12.2. The van der Waals surface area contributed by atoms with E-state index in [1.807, 2.05) is 24.3 Å². The van der Waals surface area contributed by atoms with Gasteiger partial charge in [0.2, 0.25) is 0 Å². The van der Waals surface area contributed by atoms with E-state index in [-0.39, 0.29) is 11.6 Å². The lowest BCUT2D eigenvalue weighted by Gasteiger charge is -2.42. The lowest BCUT2D eigenvalue weighted by molar-refractivity contribution is 0.0435. The average molecular weight is 284 g/mol. The van der Waals surface area contributed by atoms with Crippen molar-refractivity contribution in [1.82, 2.24) is 20.4 Å². The Bertz CT molecular complexity index is 690. The molecule has 0 unspecified atom stereocenters. The SMILES string of the molecule is CN1[C@@H]2CCC[C@@]1(NC(=O)c1n[nH]c3ccccc13)CC2. The second-order valence-electron chi connectivity index (χ2n) is 6.30. The van der Waals surface area contributed by atoms with E-state index in [0.717, 1.165) is 23.7 Å². The number of hydrogen-bond acceptors (Lipinski definition) is 3. The molecule has 2 bridgehead atoms. The molecule has 0 radical (unpaired) electrons. The van der Waals surface area contributed by atoms with E-state index in [2.05, 4.69) is 27.5 Å². The Morgan fingerprint density at radius 3 is 3.14 bits per heavy atom. The number of amides is 1. The molecular weight excluding hydrogens is 264 g/mol. The zero-order valence-corrected chi connectivity index (χ0v) is 12.2. The summed E-state index contributed by atoms with van der Waals surface area (Å²) in [5, 5.41) is 11.3. The van der Waals surface area contributed by atoms with Crippen molar-refractivity contribution in [3.63, 3.8) is 0 Å². The number of rotatable bonds is 2. The number of benzene rings is 1. The average Bonchev–Trinajstić information content (AvgIpc) is 2.96. The third-order valence-corrected chi connectivity index (χ3v) is 5.27. The minimum atomic E-state index is -0.167. The third kappa shape index (κ3) is 1.87. The first kappa shape index (κ1) is 12.8. The van der Waals surface area contributed by atoms with Crippen molar-refractivity contribution in [1.29, 1.82) is 0 Å². The standard InChI is InChI=1S/C16H20N4O/c1-20-11-5-4-9-16(20,10-8-11)17-15(21)14-12-6-2-3-7-13(12)18-19-14/h2-3,6-7,11H,4-5,8-10H2,1H3,(H,17,21)(H,18,19)/t11-,16+/m1/s1. The van der Waals surface area contributed by atoms with Crippen LogP contribution in [0.4, 0.5) is 0 Å². The van der Waals surface area contributed by atoms with E-state index in [1.165, 1.54) is 19.3 Å². The van der Waals surface area contributed by atoms with Crippen molar-refractivity contribution in [2.75, 3.05) is 7.05 Å². The number of carbonyl (C=O) groups excluding carboxylic acids is 1. The van der Waals surface area contributed by atoms with Gasteiger partial charge in [-0.2, -0.15) is 5.10 Å². The van der Waals surface area contributed by atoms with Crippen LogP contribution in [0.25, 0.3) is 10.9 Å². The maximum absolute atomic E-state index is 12.7. The van der Waals surface area contributed by atoms with Crippen LogP contribution in [0.2, 0.25) is 0 Å². The second kappa shape index (κ2) is 4.56. The molecule has 5 nitrogen and oxygen atoms in total. The van der Waals surface area contributed by atoms with Crippen LogP contribution in [0.3, 0.4) is 0 Å². The van der Waals surface area contributed by atoms with Gasteiger partial charge in [-0.1, -0.05) is 18.2 Å². The first-order valence-corrected chi connectivity index (χ1v) is 7.68. The molecule has 2 aliphatic heterocycles. The second-order valence-corrected chi connectivity index (χ2v) is 6.30. The normalized spacial score (nSPS) is 28.9. The van der Waals surface area contributed by atoms with Gasteiger partial charge in [-0.15, -0.1) is 0 Å². The summed E-state index contributed by atoms with van der Waals surface area (Å²) in [6, 6.07) is 8.38. The Morgan fingerprint density at radius 2 is 2.24 bits per heavy atom. The number of nitrogens with one attached hydrogen (secondary N) is 2. The molecule has 2 N–H and O–H groups in total. The van der Waals surface area contributed by atoms with Crippen LogP contribution in [-0.2, 0) is 0 Å². The van der Waals surface area contributed by atoms with E-state index in [9.17, 15) is 4.79 Å². The molecule has 1 amide bonds. The highest BCUT2D eigenvalue weighted by atomic mass is 16.2. The third-order valence-electron chi connectivity index (χ3n) is 5.27. The lowest BCUT2D eigenvalue weighted by Crippen LogP contribution is -2.59. The fourth-order valence-corrected chi connectivity index (χ4v) is 4.01. The van der Waals surface area contributed by atoms with Gasteiger partial charge in [0.25, 0.3) is 5.91 Å². The van der Waals surface area contributed by atoms with Crippen LogP contribution in [0.15, 0.2) is 24.3 Å². The molecular formula is C16H20N4O. The molecule has 21 heavy (non-hydrogen) atoms. The summed E-state index contributed by atoms with van der Waals surface area (Å²) in [7, 11) is 2.14. The van der Waals surface area contributed by atoms with Gasteiger partial charge in [0.15, 0.2) is 5.69 Å². The van der Waals surface area contributed by atoms with E-state index in [4.69, 9.17) is 0 Å². The Labute approximate surface area is 123 Å². The van der Waals surface area contributed by atoms with Crippen LogP contribution >= 0.6 is 0 Å². The number of aromatic amines is 1. The number of piperidine rings is 1. The summed E-state index contributed by atoms with van der Waals surface area (Å²) in [4.78, 5) is 15.1. The fourth-order valence-electron chi connectivity index (χ4n) is 4.01. The van der Waals surface area contributed by atoms with Crippen LogP contribution in [0.1, 0.15) is 42.6 Å². The largest absolute Gasteiger partial charge is 0.332 e. The summed E-state index contributed by atoms with van der Waals surface area (Å²) in [5.41, 5.74) is 1.24. The van der Waals surface area contributed by atoms with Gasteiger partial charge in [0.1, 0.15) is 0 Å². The van der Waals surface area contributed by atoms with Crippen LogP contribution in [-0.4, -0.2) is 39.8 Å². The van der Waals surface area contributed by atoms with Crippen molar-refractivity contribution in [3.05, 3.63) is 30.0 Å². The van der Waals surface area contributed by atoms with Crippen molar-refractivity contribution in [2.24, 2.45) is 0 Å². The van der Waals surface area contributed by atoms with Crippen LogP contribution in [0, 0.1) is 0 Å². The van der Waals surface area contributed by atoms with Gasteiger partial charge in [-0.05, 0) is 45.2 Å². The van der Waals surface area contributed by atoms with Gasteiger partial charge < -0.3 is 5.32 Å². The molecule has 2 aliphatic rings. The molecule has 0 aliphatic carbocycles. The quantitative estimate of drug-likeness (QED) is 0.889. The van der Waals surface area contributed by atoms with Gasteiger partial charge in [-0.25, -0.2) is 0 Å². The molecule has 1 aromatic carbocycles. The Hall–Kier alpha value is -1.88. The maximum Gasteiger partial charge on any atom is 0.273 e. The maximum atomic E-state index is 12.7.